The van der Waals surface area contributed by atoms with Crippen LogP contribution in [0.1, 0.15) is 62.8 Å². The number of hydrogen-bond donors (Lipinski definition) is 1. The van der Waals surface area contributed by atoms with Crippen molar-refractivity contribution < 1.29 is 4.74 Å². The second kappa shape index (κ2) is 5.55. The third-order valence-electron chi connectivity index (χ3n) is 3.99. The van der Waals surface area contributed by atoms with Gasteiger partial charge >= 0.3 is 0 Å². The van der Waals surface area contributed by atoms with Crippen molar-refractivity contribution >= 4 is 0 Å². The van der Waals surface area contributed by atoms with Crippen molar-refractivity contribution in [2.24, 2.45) is 5.41 Å². The second-order valence-electron chi connectivity index (χ2n) is 6.15. The van der Waals surface area contributed by atoms with Crippen LogP contribution < -0.4 is 5.32 Å². The molecule has 4 nitrogen and oxygen atoms in total. The standard InChI is InChI=1S/C15H25N3O/c1-6-13(19-5)14-17-9-10-11(16-4)7-15(2,3)8-12(10)18-14/h9,11,13,16H,6-8H2,1-5H3. The molecule has 2 rings (SSSR count). The molecule has 106 valence electrons. The third kappa shape index (κ3) is 2.95. The van der Waals surface area contributed by atoms with Crippen molar-refractivity contribution in [3.8, 4) is 0 Å². The number of fused-ring (bicyclic) bond motifs is 1. The van der Waals surface area contributed by atoms with E-state index in [4.69, 9.17) is 9.72 Å². The van der Waals surface area contributed by atoms with Crippen LogP contribution in [0.2, 0.25) is 0 Å². The Morgan fingerprint density at radius 3 is 2.84 bits per heavy atom. The molecule has 2 unspecified atom stereocenters. The van der Waals surface area contributed by atoms with E-state index < -0.39 is 0 Å². The van der Waals surface area contributed by atoms with Gasteiger partial charge in [-0.15, -0.1) is 0 Å². The summed E-state index contributed by atoms with van der Waals surface area (Å²) in [5, 5.41) is 3.38. The van der Waals surface area contributed by atoms with Gasteiger partial charge in [-0.3, -0.25) is 0 Å². The molecule has 0 aliphatic heterocycles. The normalized spacial score (nSPS) is 22.9. The molecule has 0 aromatic carbocycles. The smallest absolute Gasteiger partial charge is 0.157 e. The average molecular weight is 263 g/mol. The fourth-order valence-electron chi connectivity index (χ4n) is 2.93. The molecule has 19 heavy (non-hydrogen) atoms. The van der Waals surface area contributed by atoms with Crippen LogP contribution in [0.5, 0.6) is 0 Å². The number of nitrogens with one attached hydrogen (secondary N) is 1. The van der Waals surface area contributed by atoms with Crippen LogP contribution in [-0.2, 0) is 11.2 Å². The molecule has 1 aromatic heterocycles. The highest BCUT2D eigenvalue weighted by Gasteiger charge is 2.33. The topological polar surface area (TPSA) is 47.0 Å². The lowest BCUT2D eigenvalue weighted by Crippen LogP contribution is -2.33. The number of nitrogens with zero attached hydrogens (tertiary/aromatic N) is 2. The first kappa shape index (κ1) is 14.4. The molecule has 0 bridgehead atoms. The van der Waals surface area contributed by atoms with Gasteiger partial charge in [0.15, 0.2) is 5.82 Å². The molecular weight excluding hydrogens is 238 g/mol. The SMILES string of the molecule is CCC(OC)c1ncc2c(n1)CC(C)(C)CC2NC. The summed E-state index contributed by atoms with van der Waals surface area (Å²) in [5.41, 5.74) is 2.70. The quantitative estimate of drug-likeness (QED) is 0.907. The van der Waals surface area contributed by atoms with E-state index in [0.29, 0.717) is 6.04 Å². The van der Waals surface area contributed by atoms with E-state index in [-0.39, 0.29) is 11.5 Å². The van der Waals surface area contributed by atoms with Crippen molar-refractivity contribution in [2.45, 2.75) is 52.2 Å². The van der Waals surface area contributed by atoms with Crippen molar-refractivity contribution in [1.29, 1.82) is 0 Å². The molecule has 1 aromatic rings. The maximum Gasteiger partial charge on any atom is 0.157 e. The van der Waals surface area contributed by atoms with E-state index in [2.05, 4.69) is 31.1 Å². The molecule has 1 aliphatic carbocycles. The van der Waals surface area contributed by atoms with Gasteiger partial charge in [0.1, 0.15) is 6.10 Å². The number of rotatable bonds is 4. The Morgan fingerprint density at radius 2 is 2.26 bits per heavy atom. The summed E-state index contributed by atoms with van der Waals surface area (Å²) < 4.78 is 5.44. The molecule has 0 spiro atoms. The van der Waals surface area contributed by atoms with Crippen molar-refractivity contribution in [1.82, 2.24) is 15.3 Å². The monoisotopic (exact) mass is 263 g/mol. The second-order valence-corrected chi connectivity index (χ2v) is 6.15. The summed E-state index contributed by atoms with van der Waals surface area (Å²) in [7, 11) is 3.73. The van der Waals surface area contributed by atoms with E-state index in [1.807, 2.05) is 13.2 Å². The van der Waals surface area contributed by atoms with Gasteiger partial charge in [0.05, 0.1) is 0 Å². The van der Waals surface area contributed by atoms with Gasteiger partial charge in [-0.1, -0.05) is 20.8 Å². The summed E-state index contributed by atoms with van der Waals surface area (Å²) in [5.74, 6) is 0.816. The van der Waals surface area contributed by atoms with Crippen LogP contribution >= 0.6 is 0 Å². The van der Waals surface area contributed by atoms with E-state index in [0.717, 1.165) is 25.1 Å². The predicted molar refractivity (Wildman–Crippen MR) is 76.0 cm³/mol. The highest BCUT2D eigenvalue weighted by atomic mass is 16.5. The van der Waals surface area contributed by atoms with E-state index in [1.165, 1.54) is 11.3 Å². The maximum atomic E-state index is 5.44. The molecule has 1 N–H and O–H groups in total. The van der Waals surface area contributed by atoms with Gasteiger partial charge in [0.25, 0.3) is 0 Å². The third-order valence-corrected chi connectivity index (χ3v) is 3.99. The van der Waals surface area contributed by atoms with Crippen LogP contribution in [0.15, 0.2) is 6.20 Å². The Kier molecular flexibility index (Phi) is 4.21. The summed E-state index contributed by atoms with van der Waals surface area (Å²) in [6.45, 7) is 6.70. The van der Waals surface area contributed by atoms with Crippen molar-refractivity contribution in [3.63, 3.8) is 0 Å². The first-order chi connectivity index (χ1) is 9.00. The van der Waals surface area contributed by atoms with Crippen molar-refractivity contribution in [2.75, 3.05) is 14.2 Å². The first-order valence-corrected chi connectivity index (χ1v) is 7.06. The Balaban J connectivity index is 2.38. The van der Waals surface area contributed by atoms with Crippen LogP contribution in [-0.4, -0.2) is 24.1 Å². The molecule has 1 aliphatic rings. The summed E-state index contributed by atoms with van der Waals surface area (Å²) in [6.07, 6.45) is 5.02. The fourth-order valence-corrected chi connectivity index (χ4v) is 2.93. The maximum absolute atomic E-state index is 5.44. The number of methoxy groups -OCH3 is 1. The summed E-state index contributed by atoms with van der Waals surface area (Å²) >= 11 is 0. The molecule has 0 saturated heterocycles. The molecule has 2 atom stereocenters. The summed E-state index contributed by atoms with van der Waals surface area (Å²) in [4.78, 5) is 9.28. The van der Waals surface area contributed by atoms with Gasteiger partial charge in [-0.05, 0) is 31.7 Å². The summed E-state index contributed by atoms with van der Waals surface area (Å²) in [6, 6.07) is 0.357. The lowest BCUT2D eigenvalue weighted by atomic mass is 9.74. The minimum absolute atomic E-state index is 0.00312. The molecule has 4 heteroatoms. The van der Waals surface area contributed by atoms with Crippen LogP contribution in [0.4, 0.5) is 0 Å². The first-order valence-electron chi connectivity index (χ1n) is 7.06. The lowest BCUT2D eigenvalue weighted by Gasteiger charge is -2.36. The Morgan fingerprint density at radius 1 is 1.53 bits per heavy atom. The van der Waals surface area contributed by atoms with E-state index >= 15 is 0 Å². The van der Waals surface area contributed by atoms with Crippen LogP contribution in [0.25, 0.3) is 0 Å². The zero-order valence-electron chi connectivity index (χ0n) is 12.7. The van der Waals surface area contributed by atoms with Gasteiger partial charge < -0.3 is 10.1 Å². The fraction of sp³-hybridized carbons (Fsp3) is 0.733. The Bertz CT molecular complexity index is 441. The number of aromatic nitrogens is 2. The van der Waals surface area contributed by atoms with Crippen molar-refractivity contribution in [3.05, 3.63) is 23.3 Å². The van der Waals surface area contributed by atoms with Crippen LogP contribution in [0, 0.1) is 5.41 Å². The number of ether oxygens (including phenoxy) is 1. The zero-order valence-corrected chi connectivity index (χ0v) is 12.7. The van der Waals surface area contributed by atoms with E-state index in [9.17, 15) is 0 Å². The number of hydrogen-bond acceptors (Lipinski definition) is 4. The zero-order chi connectivity index (χ0) is 14.0. The van der Waals surface area contributed by atoms with Gasteiger partial charge in [0.2, 0.25) is 0 Å². The molecular formula is C15H25N3O. The molecule has 0 saturated carbocycles. The van der Waals surface area contributed by atoms with Crippen LogP contribution in [0.3, 0.4) is 0 Å². The molecule has 0 radical (unpaired) electrons. The highest BCUT2D eigenvalue weighted by Crippen LogP contribution is 2.39. The molecule has 1 heterocycles. The molecule has 0 fully saturated rings. The minimum Gasteiger partial charge on any atom is -0.373 e. The minimum atomic E-state index is 0.00312. The van der Waals surface area contributed by atoms with Gasteiger partial charge in [0, 0.05) is 30.6 Å². The largest absolute Gasteiger partial charge is 0.373 e. The average Bonchev–Trinajstić information content (AvgIpc) is 2.37. The Labute approximate surface area is 116 Å². The Hall–Kier alpha value is -1.00. The highest BCUT2D eigenvalue weighted by molar-refractivity contribution is 5.27. The molecule has 0 amide bonds. The predicted octanol–water partition coefficient (Wildman–Crippen LogP) is 2.81. The van der Waals surface area contributed by atoms with Gasteiger partial charge in [-0.25, -0.2) is 9.97 Å². The lowest BCUT2D eigenvalue weighted by molar-refractivity contribution is 0.0918. The van der Waals surface area contributed by atoms with E-state index in [1.54, 1.807) is 7.11 Å². The van der Waals surface area contributed by atoms with Gasteiger partial charge in [-0.2, -0.15) is 0 Å².